The summed E-state index contributed by atoms with van der Waals surface area (Å²) in [5.41, 5.74) is 2.08. The zero-order valence-corrected chi connectivity index (χ0v) is 9.82. The molecule has 1 aromatic rings. The van der Waals surface area contributed by atoms with Crippen LogP contribution in [0.4, 0.5) is 11.4 Å². The lowest BCUT2D eigenvalue weighted by molar-refractivity contribution is -0.115. The Kier molecular flexibility index (Phi) is 2.99. The molecule has 0 fully saturated rings. The predicted molar refractivity (Wildman–Crippen MR) is 64.3 cm³/mol. The number of rotatable bonds is 2. The lowest BCUT2D eigenvalue weighted by Crippen LogP contribution is -2.38. The number of methoxy groups -OCH3 is 1. The Hall–Kier alpha value is -2.04. The fraction of sp³-hybridized carbons (Fsp3) is 0.333. The molecule has 17 heavy (non-hydrogen) atoms. The molecular weight excluding hydrogens is 220 g/mol. The maximum Gasteiger partial charge on any atom is 0.337 e. The van der Waals surface area contributed by atoms with Crippen LogP contribution in [0.3, 0.4) is 0 Å². The van der Waals surface area contributed by atoms with Gasteiger partial charge in [-0.1, -0.05) is 0 Å². The largest absolute Gasteiger partial charge is 0.465 e. The second kappa shape index (κ2) is 4.45. The van der Waals surface area contributed by atoms with Crippen molar-refractivity contribution in [3.05, 3.63) is 23.8 Å². The highest BCUT2D eigenvalue weighted by atomic mass is 16.5. The third kappa shape index (κ3) is 2.08. The first-order chi connectivity index (χ1) is 8.15. The molecule has 1 aliphatic rings. The summed E-state index contributed by atoms with van der Waals surface area (Å²) in [5, 5.41) is 2.78. The van der Waals surface area contributed by atoms with Gasteiger partial charge in [-0.2, -0.15) is 0 Å². The first kappa shape index (κ1) is 11.4. The lowest BCUT2D eigenvalue weighted by Gasteiger charge is -2.30. The second-order valence-corrected chi connectivity index (χ2v) is 3.79. The van der Waals surface area contributed by atoms with Gasteiger partial charge in [-0.3, -0.25) is 4.79 Å². The number of nitrogens with one attached hydrogen (secondary N) is 1. The van der Waals surface area contributed by atoms with Gasteiger partial charge >= 0.3 is 5.97 Å². The van der Waals surface area contributed by atoms with Gasteiger partial charge in [0.15, 0.2) is 0 Å². The van der Waals surface area contributed by atoms with Crippen LogP contribution in [0.25, 0.3) is 0 Å². The summed E-state index contributed by atoms with van der Waals surface area (Å²) in [4.78, 5) is 24.8. The van der Waals surface area contributed by atoms with Crippen LogP contribution in [-0.4, -0.2) is 32.1 Å². The molecular formula is C12H14N2O3. The van der Waals surface area contributed by atoms with Crippen molar-refractivity contribution >= 4 is 23.3 Å². The zero-order valence-electron chi connectivity index (χ0n) is 9.82. The number of nitrogens with zero attached hydrogens (tertiary/aromatic N) is 1. The number of carbonyl (C=O) groups excluding carboxylic acids is 2. The van der Waals surface area contributed by atoms with E-state index in [2.05, 4.69) is 10.1 Å². The van der Waals surface area contributed by atoms with Gasteiger partial charge in [-0.05, 0) is 25.1 Å². The van der Waals surface area contributed by atoms with E-state index in [1.54, 1.807) is 18.2 Å². The molecule has 1 aromatic carbocycles. The van der Waals surface area contributed by atoms with E-state index in [9.17, 15) is 9.59 Å². The summed E-state index contributed by atoms with van der Waals surface area (Å²) < 4.78 is 4.67. The highest BCUT2D eigenvalue weighted by Crippen LogP contribution is 2.30. The van der Waals surface area contributed by atoms with Gasteiger partial charge in [0.25, 0.3) is 0 Å². The Balaban J connectivity index is 2.42. The molecule has 2 rings (SSSR count). The smallest absolute Gasteiger partial charge is 0.337 e. The van der Waals surface area contributed by atoms with Gasteiger partial charge in [0.2, 0.25) is 5.91 Å². The van der Waals surface area contributed by atoms with E-state index in [4.69, 9.17) is 0 Å². The topological polar surface area (TPSA) is 58.6 Å². The Morgan fingerprint density at radius 2 is 2.29 bits per heavy atom. The molecule has 0 spiro atoms. The standard InChI is InChI=1S/C12H14N2O3/c1-3-14-7-11(15)13-9-5-4-8(6-10(9)14)12(16)17-2/h4-6H,3,7H2,1-2H3,(H,13,15). The number of fused-ring (bicyclic) bond motifs is 1. The fourth-order valence-electron chi connectivity index (χ4n) is 1.87. The zero-order chi connectivity index (χ0) is 12.4. The summed E-state index contributed by atoms with van der Waals surface area (Å²) in [5.74, 6) is -0.411. The highest BCUT2D eigenvalue weighted by Gasteiger charge is 2.22. The van der Waals surface area contributed by atoms with Crippen LogP contribution < -0.4 is 10.2 Å². The van der Waals surface area contributed by atoms with Crippen LogP contribution in [0, 0.1) is 0 Å². The summed E-state index contributed by atoms with van der Waals surface area (Å²) in [6.45, 7) is 2.99. The SMILES string of the molecule is CCN1CC(=O)Nc2ccc(C(=O)OC)cc21. The Bertz CT molecular complexity index is 471. The quantitative estimate of drug-likeness (QED) is 0.782. The highest BCUT2D eigenvalue weighted by molar-refractivity contribution is 6.02. The molecule has 0 aromatic heterocycles. The van der Waals surface area contributed by atoms with Crippen molar-refractivity contribution in [1.82, 2.24) is 0 Å². The Morgan fingerprint density at radius 3 is 2.94 bits per heavy atom. The number of amides is 1. The lowest BCUT2D eigenvalue weighted by atomic mass is 10.1. The number of likely N-dealkylation sites (N-methyl/N-ethyl adjacent to an activating group) is 1. The molecule has 0 saturated carbocycles. The molecule has 1 aliphatic heterocycles. The first-order valence-electron chi connectivity index (χ1n) is 5.43. The second-order valence-electron chi connectivity index (χ2n) is 3.79. The minimum absolute atomic E-state index is 0.0369. The third-order valence-corrected chi connectivity index (χ3v) is 2.75. The van der Waals surface area contributed by atoms with Gasteiger partial charge in [0.05, 0.1) is 30.6 Å². The molecule has 1 N–H and O–H groups in total. The Labute approximate surface area is 99.4 Å². The number of hydrogen-bond acceptors (Lipinski definition) is 4. The molecule has 5 heteroatoms. The summed E-state index contributed by atoms with van der Waals surface area (Å²) in [6.07, 6.45) is 0. The number of anilines is 2. The van der Waals surface area contributed by atoms with E-state index >= 15 is 0 Å². The monoisotopic (exact) mass is 234 g/mol. The van der Waals surface area contributed by atoms with Crippen molar-refractivity contribution < 1.29 is 14.3 Å². The summed E-state index contributed by atoms with van der Waals surface area (Å²) >= 11 is 0. The molecule has 0 atom stereocenters. The predicted octanol–water partition coefficient (Wildman–Crippen LogP) is 1.25. The van der Waals surface area contributed by atoms with E-state index in [1.165, 1.54) is 7.11 Å². The average Bonchev–Trinajstić information content (AvgIpc) is 2.36. The number of carbonyl (C=O) groups is 2. The summed E-state index contributed by atoms with van der Waals surface area (Å²) in [6, 6.07) is 5.11. The fourth-order valence-corrected chi connectivity index (χ4v) is 1.87. The number of esters is 1. The third-order valence-electron chi connectivity index (χ3n) is 2.75. The molecule has 0 unspecified atom stereocenters. The molecule has 1 heterocycles. The molecule has 0 aliphatic carbocycles. The molecule has 5 nitrogen and oxygen atoms in total. The van der Waals surface area contributed by atoms with E-state index in [-0.39, 0.29) is 11.9 Å². The van der Waals surface area contributed by atoms with E-state index in [0.29, 0.717) is 18.7 Å². The van der Waals surface area contributed by atoms with Crippen LogP contribution in [-0.2, 0) is 9.53 Å². The van der Waals surface area contributed by atoms with E-state index in [1.807, 2.05) is 11.8 Å². The summed E-state index contributed by atoms with van der Waals surface area (Å²) in [7, 11) is 1.35. The van der Waals surface area contributed by atoms with Crippen LogP contribution in [0.5, 0.6) is 0 Å². The maximum absolute atomic E-state index is 11.4. The number of hydrogen-bond donors (Lipinski definition) is 1. The van der Waals surface area contributed by atoms with Crippen LogP contribution in [0.1, 0.15) is 17.3 Å². The van der Waals surface area contributed by atoms with E-state index < -0.39 is 0 Å². The van der Waals surface area contributed by atoms with Crippen molar-refractivity contribution in [1.29, 1.82) is 0 Å². The molecule has 0 saturated heterocycles. The van der Waals surface area contributed by atoms with Crippen LogP contribution in [0.15, 0.2) is 18.2 Å². The van der Waals surface area contributed by atoms with Gasteiger partial charge in [0, 0.05) is 6.54 Å². The number of benzene rings is 1. The van der Waals surface area contributed by atoms with Crippen molar-refractivity contribution in [2.45, 2.75) is 6.92 Å². The van der Waals surface area contributed by atoms with Gasteiger partial charge < -0.3 is 15.0 Å². The van der Waals surface area contributed by atoms with Crippen molar-refractivity contribution in [2.75, 3.05) is 30.4 Å². The van der Waals surface area contributed by atoms with Crippen molar-refractivity contribution in [3.8, 4) is 0 Å². The normalized spacial score (nSPS) is 14.0. The minimum atomic E-state index is -0.374. The first-order valence-corrected chi connectivity index (χ1v) is 5.43. The molecule has 0 radical (unpaired) electrons. The average molecular weight is 234 g/mol. The molecule has 90 valence electrons. The van der Waals surface area contributed by atoms with Crippen molar-refractivity contribution in [3.63, 3.8) is 0 Å². The van der Waals surface area contributed by atoms with Crippen LogP contribution >= 0.6 is 0 Å². The van der Waals surface area contributed by atoms with Gasteiger partial charge in [-0.25, -0.2) is 4.79 Å². The van der Waals surface area contributed by atoms with E-state index in [0.717, 1.165) is 11.4 Å². The molecule has 0 bridgehead atoms. The van der Waals surface area contributed by atoms with Gasteiger partial charge in [-0.15, -0.1) is 0 Å². The van der Waals surface area contributed by atoms with Crippen LogP contribution in [0.2, 0.25) is 0 Å². The van der Waals surface area contributed by atoms with Gasteiger partial charge in [0.1, 0.15) is 0 Å². The minimum Gasteiger partial charge on any atom is -0.465 e. The maximum atomic E-state index is 11.4. The molecule has 1 amide bonds. The Morgan fingerprint density at radius 1 is 1.53 bits per heavy atom. The van der Waals surface area contributed by atoms with Crippen molar-refractivity contribution in [2.24, 2.45) is 0 Å². The number of ether oxygens (including phenoxy) is 1.